The first-order valence-electron chi connectivity index (χ1n) is 10.6. The summed E-state index contributed by atoms with van der Waals surface area (Å²) in [5.41, 5.74) is 0.756. The van der Waals surface area contributed by atoms with Gasteiger partial charge in [0.25, 0.3) is 5.91 Å². The van der Waals surface area contributed by atoms with Crippen molar-refractivity contribution < 1.29 is 13.2 Å². The van der Waals surface area contributed by atoms with Crippen LogP contribution in [-0.4, -0.2) is 37.8 Å². The van der Waals surface area contributed by atoms with Crippen molar-refractivity contribution in [3.8, 4) is 0 Å². The summed E-state index contributed by atoms with van der Waals surface area (Å²) in [6.07, 6.45) is 5.39. The maximum atomic E-state index is 12.7. The van der Waals surface area contributed by atoms with Crippen LogP contribution in [0, 0.1) is 11.3 Å². The number of benzene rings is 1. The Morgan fingerprint density at radius 3 is 2.25 bits per heavy atom. The van der Waals surface area contributed by atoms with E-state index in [-0.39, 0.29) is 16.8 Å². The molecular weight excluding hydrogens is 372 g/mol. The summed E-state index contributed by atoms with van der Waals surface area (Å²) >= 11 is 0. The van der Waals surface area contributed by atoms with Gasteiger partial charge in [-0.25, -0.2) is 8.42 Å². The number of nitrogens with zero attached hydrogens (tertiary/aromatic N) is 1. The molecule has 1 aliphatic carbocycles. The molecule has 1 N–H and O–H groups in total. The zero-order valence-electron chi connectivity index (χ0n) is 18.0. The van der Waals surface area contributed by atoms with E-state index in [0.29, 0.717) is 30.0 Å². The number of hydrogen-bond donors (Lipinski definition) is 1. The molecule has 1 saturated carbocycles. The second kappa shape index (κ2) is 9.40. The molecule has 158 valence electrons. The maximum Gasteiger partial charge on any atom is 0.251 e. The third kappa shape index (κ3) is 5.15. The summed E-state index contributed by atoms with van der Waals surface area (Å²) in [6.45, 7) is 11.4. The van der Waals surface area contributed by atoms with Gasteiger partial charge in [-0.15, -0.1) is 0 Å². The minimum Gasteiger partial charge on any atom is -0.349 e. The standard InChI is InChI=1S/C22H36N2O3S/c1-6-22(4,5)18-12-14-19(15-13-18)23-21(25)17-10-9-11-20(16-17)28(26,27)24(7-2)8-3/h9-11,16,18-19H,6-8,12-15H2,1-5H3,(H,23,25). The van der Waals surface area contributed by atoms with Crippen LogP contribution in [0.1, 0.15) is 77.1 Å². The van der Waals surface area contributed by atoms with Crippen LogP contribution in [0.3, 0.4) is 0 Å². The summed E-state index contributed by atoms with van der Waals surface area (Å²) in [5, 5.41) is 3.11. The Morgan fingerprint density at radius 1 is 1.11 bits per heavy atom. The van der Waals surface area contributed by atoms with Gasteiger partial charge in [-0.1, -0.05) is 47.1 Å². The van der Waals surface area contributed by atoms with Crippen molar-refractivity contribution >= 4 is 15.9 Å². The minimum absolute atomic E-state index is 0.166. The Balaban J connectivity index is 2.05. The van der Waals surface area contributed by atoms with E-state index >= 15 is 0 Å². The lowest BCUT2D eigenvalue weighted by atomic mass is 9.69. The lowest BCUT2D eigenvalue weighted by Gasteiger charge is -2.39. The molecule has 5 nitrogen and oxygen atoms in total. The predicted octanol–water partition coefficient (Wildman–Crippen LogP) is 4.44. The van der Waals surface area contributed by atoms with Crippen LogP contribution in [0.25, 0.3) is 0 Å². The van der Waals surface area contributed by atoms with Crippen molar-refractivity contribution in [3.05, 3.63) is 29.8 Å². The Kier molecular flexibility index (Phi) is 7.68. The Labute approximate surface area is 170 Å². The summed E-state index contributed by atoms with van der Waals surface area (Å²) in [6, 6.07) is 6.55. The summed E-state index contributed by atoms with van der Waals surface area (Å²) in [4.78, 5) is 12.9. The highest BCUT2D eigenvalue weighted by Gasteiger charge is 2.32. The van der Waals surface area contributed by atoms with Gasteiger partial charge >= 0.3 is 0 Å². The topological polar surface area (TPSA) is 66.5 Å². The molecule has 0 atom stereocenters. The fourth-order valence-electron chi connectivity index (χ4n) is 4.09. The van der Waals surface area contributed by atoms with E-state index < -0.39 is 10.0 Å². The van der Waals surface area contributed by atoms with Crippen molar-refractivity contribution in [2.24, 2.45) is 11.3 Å². The second-order valence-electron chi connectivity index (χ2n) is 8.48. The molecule has 28 heavy (non-hydrogen) atoms. The van der Waals surface area contributed by atoms with E-state index in [0.717, 1.165) is 25.7 Å². The van der Waals surface area contributed by atoms with E-state index in [1.807, 2.05) is 13.8 Å². The molecule has 1 aliphatic rings. The van der Waals surface area contributed by atoms with E-state index in [2.05, 4.69) is 26.1 Å². The Bertz CT molecular complexity index is 762. The summed E-state index contributed by atoms with van der Waals surface area (Å²) < 4.78 is 26.8. The van der Waals surface area contributed by atoms with E-state index in [9.17, 15) is 13.2 Å². The van der Waals surface area contributed by atoms with Crippen LogP contribution in [-0.2, 0) is 10.0 Å². The fraction of sp³-hybridized carbons (Fsp3) is 0.682. The highest BCUT2D eigenvalue weighted by molar-refractivity contribution is 7.89. The normalized spacial score (nSPS) is 20.9. The smallest absolute Gasteiger partial charge is 0.251 e. The first-order chi connectivity index (χ1) is 13.2. The Morgan fingerprint density at radius 2 is 1.71 bits per heavy atom. The first-order valence-corrected chi connectivity index (χ1v) is 12.0. The number of sulfonamides is 1. The quantitative estimate of drug-likeness (QED) is 0.691. The van der Waals surface area contributed by atoms with Crippen molar-refractivity contribution in [1.29, 1.82) is 0 Å². The average Bonchev–Trinajstić information content (AvgIpc) is 2.69. The molecule has 0 bridgehead atoms. The molecule has 0 aromatic heterocycles. The van der Waals surface area contributed by atoms with Gasteiger partial charge in [0.05, 0.1) is 4.90 Å². The zero-order valence-corrected chi connectivity index (χ0v) is 18.8. The molecule has 1 fully saturated rings. The Hall–Kier alpha value is -1.40. The van der Waals surface area contributed by atoms with Crippen LogP contribution in [0.4, 0.5) is 0 Å². The van der Waals surface area contributed by atoms with Crippen LogP contribution >= 0.6 is 0 Å². The van der Waals surface area contributed by atoms with Crippen molar-refractivity contribution in [1.82, 2.24) is 9.62 Å². The van der Waals surface area contributed by atoms with Crippen molar-refractivity contribution in [3.63, 3.8) is 0 Å². The van der Waals surface area contributed by atoms with E-state index in [1.54, 1.807) is 18.2 Å². The van der Waals surface area contributed by atoms with Crippen LogP contribution in [0.2, 0.25) is 0 Å². The molecular formula is C22H36N2O3S. The van der Waals surface area contributed by atoms with Crippen molar-refractivity contribution in [2.45, 2.75) is 77.7 Å². The SMILES string of the molecule is CCN(CC)S(=O)(=O)c1cccc(C(=O)NC2CCC(C(C)(C)CC)CC2)c1. The van der Waals surface area contributed by atoms with Gasteiger partial charge in [-0.3, -0.25) is 4.79 Å². The number of carbonyl (C=O) groups excluding carboxylic acids is 1. The molecule has 0 radical (unpaired) electrons. The minimum atomic E-state index is -3.56. The monoisotopic (exact) mass is 408 g/mol. The third-order valence-corrected chi connectivity index (χ3v) is 8.56. The maximum absolute atomic E-state index is 12.7. The fourth-order valence-corrected chi connectivity index (χ4v) is 5.59. The molecule has 2 rings (SSSR count). The molecule has 0 heterocycles. The molecule has 0 unspecified atom stereocenters. The summed E-state index contributed by atoms with van der Waals surface area (Å²) in [5.74, 6) is 0.517. The number of rotatable bonds is 8. The van der Waals surface area contributed by atoms with E-state index in [1.165, 1.54) is 16.8 Å². The highest BCUT2D eigenvalue weighted by atomic mass is 32.2. The molecule has 1 aromatic carbocycles. The highest BCUT2D eigenvalue weighted by Crippen LogP contribution is 2.40. The lowest BCUT2D eigenvalue weighted by Crippen LogP contribution is -2.40. The van der Waals surface area contributed by atoms with Crippen LogP contribution < -0.4 is 5.32 Å². The van der Waals surface area contributed by atoms with Crippen LogP contribution in [0.15, 0.2) is 29.2 Å². The molecule has 1 aromatic rings. The average molecular weight is 409 g/mol. The van der Waals surface area contributed by atoms with Gasteiger partial charge in [0.15, 0.2) is 0 Å². The molecule has 0 saturated heterocycles. The van der Waals surface area contributed by atoms with Crippen molar-refractivity contribution in [2.75, 3.05) is 13.1 Å². The predicted molar refractivity (Wildman–Crippen MR) is 114 cm³/mol. The van der Waals surface area contributed by atoms with Gasteiger partial charge < -0.3 is 5.32 Å². The second-order valence-corrected chi connectivity index (χ2v) is 10.4. The number of carbonyl (C=O) groups is 1. The molecule has 1 amide bonds. The lowest BCUT2D eigenvalue weighted by molar-refractivity contribution is 0.0893. The van der Waals surface area contributed by atoms with E-state index in [4.69, 9.17) is 0 Å². The largest absolute Gasteiger partial charge is 0.349 e. The summed E-state index contributed by atoms with van der Waals surface area (Å²) in [7, 11) is -3.56. The molecule has 0 aliphatic heterocycles. The van der Waals surface area contributed by atoms with Gasteiger partial charge in [0.1, 0.15) is 0 Å². The van der Waals surface area contributed by atoms with Gasteiger partial charge in [0.2, 0.25) is 10.0 Å². The zero-order chi connectivity index (χ0) is 20.9. The number of amides is 1. The number of hydrogen-bond acceptors (Lipinski definition) is 3. The first kappa shape index (κ1) is 22.9. The molecule has 0 spiro atoms. The molecule has 6 heteroatoms. The van der Waals surface area contributed by atoms with Gasteiger partial charge in [-0.05, 0) is 55.2 Å². The third-order valence-electron chi connectivity index (χ3n) is 6.52. The number of nitrogens with one attached hydrogen (secondary N) is 1. The van der Waals surface area contributed by atoms with Gasteiger partial charge in [-0.2, -0.15) is 4.31 Å². The van der Waals surface area contributed by atoms with Crippen LogP contribution in [0.5, 0.6) is 0 Å². The van der Waals surface area contributed by atoms with Gasteiger partial charge in [0, 0.05) is 24.7 Å².